The number of halogens is 3. The lowest BCUT2D eigenvalue weighted by atomic mass is 10.00. The molecular weight excluding hydrogens is 319 g/mol. The molecule has 0 fully saturated rings. The van der Waals surface area contributed by atoms with E-state index < -0.39 is 6.04 Å². The van der Waals surface area contributed by atoms with Gasteiger partial charge < -0.3 is 5.73 Å². The quantitative estimate of drug-likeness (QED) is 0.928. The Hall–Kier alpha value is -0.970. The van der Waals surface area contributed by atoms with E-state index in [0.29, 0.717) is 21.5 Å². The van der Waals surface area contributed by atoms with Crippen LogP contribution in [0.1, 0.15) is 17.2 Å². The fourth-order valence-corrected chi connectivity index (χ4v) is 2.30. The first-order valence-corrected chi connectivity index (χ1v) is 6.54. The second-order valence-corrected chi connectivity index (χ2v) is 5.18. The van der Waals surface area contributed by atoms with E-state index in [2.05, 4.69) is 20.9 Å². The third kappa shape index (κ3) is 2.88. The Morgan fingerprint density at radius 1 is 1.39 bits per heavy atom. The molecule has 0 saturated heterocycles. The van der Waals surface area contributed by atoms with Crippen LogP contribution in [0.4, 0.5) is 4.39 Å². The van der Waals surface area contributed by atoms with E-state index in [1.807, 2.05) is 0 Å². The van der Waals surface area contributed by atoms with Crippen molar-refractivity contribution in [3.05, 3.63) is 63.1 Å². The summed E-state index contributed by atoms with van der Waals surface area (Å²) in [6.45, 7) is 0. The van der Waals surface area contributed by atoms with Crippen LogP contribution in [0.25, 0.3) is 0 Å². The zero-order valence-electron chi connectivity index (χ0n) is 9.41. The number of aromatic nitrogens is 1. The Bertz CT molecular complexity index is 562. The van der Waals surface area contributed by atoms with Gasteiger partial charge >= 0.3 is 0 Å². The van der Waals surface area contributed by atoms with Crippen molar-refractivity contribution in [2.75, 3.05) is 0 Å². The molecule has 1 aromatic heterocycles. The van der Waals surface area contributed by atoms with Gasteiger partial charge in [-0.3, -0.25) is 4.98 Å². The largest absolute Gasteiger partial charge is 0.324 e. The average molecular weight is 330 g/mol. The van der Waals surface area contributed by atoms with Crippen LogP contribution in [0.5, 0.6) is 0 Å². The first-order chi connectivity index (χ1) is 8.59. The van der Waals surface area contributed by atoms with Crippen molar-refractivity contribution in [2.24, 2.45) is 5.73 Å². The summed E-state index contributed by atoms with van der Waals surface area (Å²) >= 11 is 9.15. The van der Waals surface area contributed by atoms with E-state index in [1.54, 1.807) is 36.7 Å². The first-order valence-electron chi connectivity index (χ1n) is 5.37. The van der Waals surface area contributed by atoms with E-state index in [9.17, 15) is 4.39 Å². The molecule has 1 atom stereocenters. The summed E-state index contributed by atoms with van der Waals surface area (Å²) in [5, 5.41) is 0.545. The molecule has 1 aromatic carbocycles. The smallest absolute Gasteiger partial charge is 0.142 e. The fraction of sp³-hybridized carbons (Fsp3) is 0.154. The Balaban J connectivity index is 2.25. The normalized spacial score (nSPS) is 12.4. The van der Waals surface area contributed by atoms with Gasteiger partial charge in [0.1, 0.15) is 5.82 Å². The number of nitrogens with two attached hydrogens (primary N) is 1. The lowest BCUT2D eigenvalue weighted by molar-refractivity contribution is 0.575. The zero-order chi connectivity index (χ0) is 13.1. The van der Waals surface area contributed by atoms with Gasteiger partial charge in [-0.25, -0.2) is 4.39 Å². The molecule has 5 heteroatoms. The number of hydrogen-bond acceptors (Lipinski definition) is 2. The third-order valence-electron chi connectivity index (χ3n) is 2.68. The van der Waals surface area contributed by atoms with E-state index in [-0.39, 0.29) is 5.82 Å². The molecule has 0 radical (unpaired) electrons. The van der Waals surface area contributed by atoms with Gasteiger partial charge in [0.15, 0.2) is 0 Å². The maximum Gasteiger partial charge on any atom is 0.142 e. The first kappa shape index (κ1) is 13.5. The van der Waals surface area contributed by atoms with Crippen LogP contribution < -0.4 is 5.73 Å². The van der Waals surface area contributed by atoms with E-state index in [4.69, 9.17) is 17.3 Å². The second kappa shape index (κ2) is 5.78. The molecule has 0 amide bonds. The third-order valence-corrected chi connectivity index (χ3v) is 3.63. The summed E-state index contributed by atoms with van der Waals surface area (Å²) in [4.78, 5) is 3.90. The van der Waals surface area contributed by atoms with E-state index in [0.717, 1.165) is 5.56 Å². The monoisotopic (exact) mass is 328 g/mol. The van der Waals surface area contributed by atoms with Crippen molar-refractivity contribution in [3.63, 3.8) is 0 Å². The molecule has 1 heterocycles. The summed E-state index contributed by atoms with van der Waals surface area (Å²) in [5.41, 5.74) is 7.36. The molecule has 2 rings (SSSR count). The molecule has 18 heavy (non-hydrogen) atoms. The van der Waals surface area contributed by atoms with Crippen LogP contribution in [0.3, 0.4) is 0 Å². The van der Waals surface area contributed by atoms with Gasteiger partial charge in [-0.1, -0.05) is 23.7 Å². The summed E-state index contributed by atoms with van der Waals surface area (Å²) in [6.07, 6.45) is 3.67. The standard InChI is InChI=1S/C13H11BrClFN2/c14-10-3-1-2-9(13(10)16)12(17)6-8-4-5-18-7-11(8)15/h1-5,7,12H,6,17H2. The van der Waals surface area contributed by atoms with E-state index >= 15 is 0 Å². The van der Waals surface area contributed by atoms with Gasteiger partial charge in [-0.2, -0.15) is 0 Å². The van der Waals surface area contributed by atoms with Crippen molar-refractivity contribution in [1.82, 2.24) is 4.98 Å². The van der Waals surface area contributed by atoms with Gasteiger partial charge in [-0.15, -0.1) is 0 Å². The molecule has 94 valence electrons. The molecule has 0 aliphatic heterocycles. The minimum atomic E-state index is -0.442. The summed E-state index contributed by atoms with van der Waals surface area (Å²) in [6, 6.07) is 6.43. The molecule has 0 spiro atoms. The molecular formula is C13H11BrClFN2. The van der Waals surface area contributed by atoms with Crippen LogP contribution in [-0.2, 0) is 6.42 Å². The van der Waals surface area contributed by atoms with Crippen LogP contribution >= 0.6 is 27.5 Å². The maximum atomic E-state index is 13.9. The molecule has 0 aliphatic carbocycles. The van der Waals surface area contributed by atoms with Crippen molar-refractivity contribution in [2.45, 2.75) is 12.5 Å². The van der Waals surface area contributed by atoms with Gasteiger partial charge in [0.2, 0.25) is 0 Å². The summed E-state index contributed by atoms with van der Waals surface area (Å²) in [5.74, 6) is -0.324. The van der Waals surface area contributed by atoms with Gasteiger partial charge in [0.05, 0.1) is 9.50 Å². The number of pyridine rings is 1. The maximum absolute atomic E-state index is 13.9. The van der Waals surface area contributed by atoms with Crippen LogP contribution in [-0.4, -0.2) is 4.98 Å². The minimum absolute atomic E-state index is 0.324. The predicted octanol–water partition coefficient (Wildman–Crippen LogP) is 3.88. The molecule has 2 nitrogen and oxygen atoms in total. The van der Waals surface area contributed by atoms with Crippen molar-refractivity contribution < 1.29 is 4.39 Å². The average Bonchev–Trinajstić information content (AvgIpc) is 2.35. The summed E-state index contributed by atoms with van der Waals surface area (Å²) in [7, 11) is 0. The van der Waals surface area contributed by atoms with Crippen LogP contribution in [0.15, 0.2) is 41.1 Å². The Kier molecular flexibility index (Phi) is 4.32. The van der Waals surface area contributed by atoms with Crippen LogP contribution in [0.2, 0.25) is 5.02 Å². The fourth-order valence-electron chi connectivity index (χ4n) is 1.72. The Morgan fingerprint density at radius 2 is 2.17 bits per heavy atom. The van der Waals surface area contributed by atoms with Gasteiger partial charge in [0, 0.05) is 24.0 Å². The van der Waals surface area contributed by atoms with Gasteiger partial charge in [-0.05, 0) is 40.0 Å². The topological polar surface area (TPSA) is 38.9 Å². The number of nitrogens with zero attached hydrogens (tertiary/aromatic N) is 1. The lowest BCUT2D eigenvalue weighted by Gasteiger charge is -2.14. The van der Waals surface area contributed by atoms with E-state index in [1.165, 1.54) is 0 Å². The van der Waals surface area contributed by atoms with Crippen molar-refractivity contribution >= 4 is 27.5 Å². The minimum Gasteiger partial charge on any atom is -0.324 e. The Morgan fingerprint density at radius 3 is 2.89 bits per heavy atom. The highest BCUT2D eigenvalue weighted by Gasteiger charge is 2.15. The van der Waals surface area contributed by atoms with Crippen LogP contribution in [0, 0.1) is 5.82 Å². The van der Waals surface area contributed by atoms with Gasteiger partial charge in [0.25, 0.3) is 0 Å². The Labute approximate surface area is 118 Å². The highest BCUT2D eigenvalue weighted by molar-refractivity contribution is 9.10. The number of rotatable bonds is 3. The highest BCUT2D eigenvalue weighted by Crippen LogP contribution is 2.26. The molecule has 0 saturated carbocycles. The number of hydrogen-bond donors (Lipinski definition) is 1. The molecule has 1 unspecified atom stereocenters. The highest BCUT2D eigenvalue weighted by atomic mass is 79.9. The second-order valence-electron chi connectivity index (χ2n) is 3.92. The molecule has 2 aromatic rings. The SMILES string of the molecule is NC(Cc1ccncc1Cl)c1cccc(Br)c1F. The lowest BCUT2D eigenvalue weighted by Crippen LogP contribution is -2.15. The predicted molar refractivity (Wildman–Crippen MR) is 74.0 cm³/mol. The zero-order valence-corrected chi connectivity index (χ0v) is 11.7. The van der Waals surface area contributed by atoms with Crippen molar-refractivity contribution in [3.8, 4) is 0 Å². The number of benzene rings is 1. The molecule has 2 N–H and O–H groups in total. The van der Waals surface area contributed by atoms with Crippen molar-refractivity contribution in [1.29, 1.82) is 0 Å². The molecule has 0 bridgehead atoms. The molecule has 0 aliphatic rings. The summed E-state index contributed by atoms with van der Waals surface area (Å²) < 4.78 is 14.3.